The highest BCUT2D eigenvalue weighted by Crippen LogP contribution is 2.25. The van der Waals surface area contributed by atoms with Gasteiger partial charge in [-0.25, -0.2) is 0 Å². The molecule has 0 saturated heterocycles. The van der Waals surface area contributed by atoms with Crippen LogP contribution in [0.2, 0.25) is 5.02 Å². The molecule has 0 spiro atoms. The lowest BCUT2D eigenvalue weighted by molar-refractivity contribution is -0.114. The lowest BCUT2D eigenvalue weighted by atomic mass is 10.2. The third-order valence-corrected chi connectivity index (χ3v) is 3.18. The van der Waals surface area contributed by atoms with Crippen molar-refractivity contribution in [1.82, 2.24) is 0 Å². The molecule has 1 amide bonds. The average molecular weight is 305 g/mol. The summed E-state index contributed by atoms with van der Waals surface area (Å²) in [7, 11) is 1.58. The fourth-order valence-corrected chi connectivity index (χ4v) is 1.99. The number of nitrogens with one attached hydrogen (secondary N) is 2. The lowest BCUT2D eigenvalue weighted by Gasteiger charge is -2.12. The summed E-state index contributed by atoms with van der Waals surface area (Å²) in [5.41, 5.74) is 2.56. The molecule has 0 aliphatic rings. The Balaban J connectivity index is 1.95. The zero-order valence-electron chi connectivity index (χ0n) is 11.9. The summed E-state index contributed by atoms with van der Waals surface area (Å²) in [6.45, 7) is 2.12. The number of aryl methyl sites for hydroxylation is 1. The molecule has 21 heavy (non-hydrogen) atoms. The number of anilines is 2. The van der Waals surface area contributed by atoms with Crippen molar-refractivity contribution < 1.29 is 9.53 Å². The predicted octanol–water partition coefficient (Wildman–Crippen LogP) is 3.71. The maximum atomic E-state index is 12.0. The van der Waals surface area contributed by atoms with E-state index < -0.39 is 0 Å². The van der Waals surface area contributed by atoms with Gasteiger partial charge in [-0.05, 0) is 48.9 Å². The summed E-state index contributed by atoms with van der Waals surface area (Å²) in [5.74, 6) is 0.495. The Morgan fingerprint density at radius 2 is 1.90 bits per heavy atom. The quantitative estimate of drug-likeness (QED) is 0.885. The van der Waals surface area contributed by atoms with Crippen molar-refractivity contribution >= 4 is 28.9 Å². The van der Waals surface area contributed by atoms with Gasteiger partial charge < -0.3 is 15.4 Å². The first kappa shape index (κ1) is 15.2. The van der Waals surface area contributed by atoms with Crippen molar-refractivity contribution in [2.75, 3.05) is 24.3 Å². The summed E-state index contributed by atoms with van der Waals surface area (Å²) in [4.78, 5) is 12.0. The summed E-state index contributed by atoms with van der Waals surface area (Å²) in [6.07, 6.45) is 0. The molecule has 4 nitrogen and oxygen atoms in total. The van der Waals surface area contributed by atoms with Crippen molar-refractivity contribution in [1.29, 1.82) is 0 Å². The Morgan fingerprint density at radius 1 is 1.19 bits per heavy atom. The number of halogens is 1. The van der Waals surface area contributed by atoms with E-state index >= 15 is 0 Å². The summed E-state index contributed by atoms with van der Waals surface area (Å²) in [5, 5.41) is 6.53. The number of hydrogen-bond acceptors (Lipinski definition) is 3. The Labute approximate surface area is 129 Å². The van der Waals surface area contributed by atoms with Crippen LogP contribution in [0.4, 0.5) is 11.4 Å². The van der Waals surface area contributed by atoms with Gasteiger partial charge in [0.2, 0.25) is 5.91 Å². The molecule has 0 bridgehead atoms. The maximum absolute atomic E-state index is 12.0. The van der Waals surface area contributed by atoms with Gasteiger partial charge in [0, 0.05) is 10.7 Å². The van der Waals surface area contributed by atoms with Gasteiger partial charge in [0.15, 0.2) is 0 Å². The fraction of sp³-hybridized carbons (Fsp3) is 0.188. The van der Waals surface area contributed by atoms with Crippen LogP contribution in [0.15, 0.2) is 42.5 Å². The van der Waals surface area contributed by atoms with Gasteiger partial charge in [0.1, 0.15) is 5.75 Å². The Bertz CT molecular complexity index is 627. The number of benzene rings is 2. The zero-order valence-corrected chi connectivity index (χ0v) is 12.7. The van der Waals surface area contributed by atoms with E-state index in [4.69, 9.17) is 16.3 Å². The number of amides is 1. The molecule has 0 aliphatic carbocycles. The summed E-state index contributed by atoms with van der Waals surface area (Å²) in [6, 6.07) is 12.8. The van der Waals surface area contributed by atoms with Crippen molar-refractivity contribution in [3.63, 3.8) is 0 Å². The second-order valence-corrected chi connectivity index (χ2v) is 5.05. The molecule has 0 heterocycles. The van der Waals surface area contributed by atoms with Crippen molar-refractivity contribution in [2.45, 2.75) is 6.92 Å². The number of methoxy groups -OCH3 is 1. The lowest BCUT2D eigenvalue weighted by Crippen LogP contribution is -2.22. The normalized spacial score (nSPS) is 10.0. The molecule has 2 rings (SSSR count). The highest BCUT2D eigenvalue weighted by molar-refractivity contribution is 6.30. The first-order valence-electron chi connectivity index (χ1n) is 6.52. The minimum absolute atomic E-state index is 0.145. The monoisotopic (exact) mass is 304 g/mol. The molecule has 0 aromatic heterocycles. The number of ether oxygens (including phenoxy) is 1. The smallest absolute Gasteiger partial charge is 0.243 e. The third kappa shape index (κ3) is 4.39. The molecule has 0 saturated carbocycles. The van der Waals surface area contributed by atoms with Crippen LogP contribution in [-0.2, 0) is 4.79 Å². The summed E-state index contributed by atoms with van der Waals surface area (Å²) < 4.78 is 5.23. The molecule has 110 valence electrons. The highest BCUT2D eigenvalue weighted by Gasteiger charge is 2.07. The Hall–Kier alpha value is -2.20. The molecular weight excluding hydrogens is 288 g/mol. The van der Waals surface area contributed by atoms with Gasteiger partial charge in [0.05, 0.1) is 19.3 Å². The van der Waals surface area contributed by atoms with E-state index in [1.807, 2.05) is 37.3 Å². The molecule has 0 atom stereocenters. The Kier molecular flexibility index (Phi) is 5.06. The average Bonchev–Trinajstić information content (AvgIpc) is 2.47. The third-order valence-electron chi connectivity index (χ3n) is 2.93. The molecule has 2 N–H and O–H groups in total. The minimum Gasteiger partial charge on any atom is -0.495 e. The van der Waals surface area contributed by atoms with Gasteiger partial charge >= 0.3 is 0 Å². The predicted molar refractivity (Wildman–Crippen MR) is 86.3 cm³/mol. The number of carbonyl (C=O) groups excluding carboxylic acids is 1. The SMILES string of the molecule is COc1ccc(C)cc1NC(=O)CNc1ccc(Cl)cc1. The number of hydrogen-bond donors (Lipinski definition) is 2. The largest absolute Gasteiger partial charge is 0.495 e. The summed E-state index contributed by atoms with van der Waals surface area (Å²) >= 11 is 5.81. The van der Waals surface area contributed by atoms with Crippen LogP contribution >= 0.6 is 11.6 Å². The van der Waals surface area contributed by atoms with Crippen molar-refractivity contribution in [3.8, 4) is 5.75 Å². The van der Waals surface area contributed by atoms with Crippen LogP contribution in [0.1, 0.15) is 5.56 Å². The highest BCUT2D eigenvalue weighted by atomic mass is 35.5. The van der Waals surface area contributed by atoms with E-state index in [0.29, 0.717) is 16.5 Å². The number of carbonyl (C=O) groups is 1. The van der Waals surface area contributed by atoms with Crippen LogP contribution in [0.5, 0.6) is 5.75 Å². The molecular formula is C16H17ClN2O2. The molecule has 5 heteroatoms. The minimum atomic E-state index is -0.145. The van der Waals surface area contributed by atoms with E-state index in [-0.39, 0.29) is 12.5 Å². The second kappa shape index (κ2) is 6.99. The van der Waals surface area contributed by atoms with E-state index in [0.717, 1.165) is 11.3 Å². The zero-order chi connectivity index (χ0) is 15.2. The topological polar surface area (TPSA) is 50.4 Å². The van der Waals surface area contributed by atoms with Gasteiger partial charge in [-0.1, -0.05) is 17.7 Å². The van der Waals surface area contributed by atoms with Gasteiger partial charge in [-0.3, -0.25) is 4.79 Å². The number of rotatable bonds is 5. The molecule has 0 radical (unpaired) electrons. The Morgan fingerprint density at radius 3 is 2.57 bits per heavy atom. The van der Waals surface area contributed by atoms with Crippen molar-refractivity contribution in [2.24, 2.45) is 0 Å². The van der Waals surface area contributed by atoms with Gasteiger partial charge in [0.25, 0.3) is 0 Å². The molecule has 2 aromatic rings. The van der Waals surface area contributed by atoms with Crippen LogP contribution in [-0.4, -0.2) is 19.6 Å². The van der Waals surface area contributed by atoms with Crippen LogP contribution in [0.3, 0.4) is 0 Å². The first-order chi connectivity index (χ1) is 10.1. The van der Waals surface area contributed by atoms with E-state index in [9.17, 15) is 4.79 Å². The molecule has 0 fully saturated rings. The van der Waals surface area contributed by atoms with Crippen LogP contribution in [0, 0.1) is 6.92 Å². The van der Waals surface area contributed by atoms with E-state index in [1.54, 1.807) is 19.2 Å². The standard InChI is InChI=1S/C16H17ClN2O2/c1-11-3-8-15(21-2)14(9-11)19-16(20)10-18-13-6-4-12(17)5-7-13/h3-9,18H,10H2,1-2H3,(H,19,20). The van der Waals surface area contributed by atoms with Crippen LogP contribution in [0.25, 0.3) is 0 Å². The second-order valence-electron chi connectivity index (χ2n) is 4.61. The fourth-order valence-electron chi connectivity index (χ4n) is 1.86. The van der Waals surface area contributed by atoms with Gasteiger partial charge in [-0.15, -0.1) is 0 Å². The molecule has 0 unspecified atom stereocenters. The van der Waals surface area contributed by atoms with Gasteiger partial charge in [-0.2, -0.15) is 0 Å². The van der Waals surface area contributed by atoms with E-state index in [2.05, 4.69) is 10.6 Å². The molecule has 0 aliphatic heterocycles. The maximum Gasteiger partial charge on any atom is 0.243 e. The van der Waals surface area contributed by atoms with Crippen LogP contribution < -0.4 is 15.4 Å². The van der Waals surface area contributed by atoms with E-state index in [1.165, 1.54) is 0 Å². The van der Waals surface area contributed by atoms with Crippen molar-refractivity contribution in [3.05, 3.63) is 53.1 Å². The molecule has 2 aromatic carbocycles. The first-order valence-corrected chi connectivity index (χ1v) is 6.90.